The van der Waals surface area contributed by atoms with Crippen molar-refractivity contribution in [2.75, 3.05) is 5.32 Å². The molecule has 3 heteroatoms. The first-order valence-corrected chi connectivity index (χ1v) is 5.82. The van der Waals surface area contributed by atoms with Gasteiger partial charge < -0.3 is 11.1 Å². The van der Waals surface area contributed by atoms with Gasteiger partial charge in [-0.2, -0.15) is 5.26 Å². The second-order valence-electron chi connectivity index (χ2n) is 4.39. The van der Waals surface area contributed by atoms with Gasteiger partial charge in [-0.1, -0.05) is 18.9 Å². The Morgan fingerprint density at radius 2 is 2.12 bits per heavy atom. The quantitative estimate of drug-likeness (QED) is 0.795. The molecule has 3 N–H and O–H groups in total. The zero-order valence-corrected chi connectivity index (χ0v) is 9.32. The van der Waals surface area contributed by atoms with Crippen LogP contribution in [-0.4, -0.2) is 12.1 Å². The fourth-order valence-electron chi connectivity index (χ4n) is 2.23. The molecule has 16 heavy (non-hydrogen) atoms. The zero-order chi connectivity index (χ0) is 11.4. The zero-order valence-electron chi connectivity index (χ0n) is 9.32. The topological polar surface area (TPSA) is 61.8 Å². The van der Waals surface area contributed by atoms with Crippen LogP contribution in [0.3, 0.4) is 0 Å². The summed E-state index contributed by atoms with van der Waals surface area (Å²) in [6.07, 6.45) is 4.69. The van der Waals surface area contributed by atoms with Crippen LogP contribution < -0.4 is 11.1 Å². The molecule has 2 atom stereocenters. The molecule has 2 rings (SSSR count). The molecule has 0 amide bonds. The van der Waals surface area contributed by atoms with Gasteiger partial charge in [-0.05, 0) is 31.0 Å². The molecule has 0 heterocycles. The summed E-state index contributed by atoms with van der Waals surface area (Å²) in [6, 6.07) is 10.3. The van der Waals surface area contributed by atoms with Gasteiger partial charge in [0.15, 0.2) is 0 Å². The van der Waals surface area contributed by atoms with E-state index in [-0.39, 0.29) is 6.04 Å². The summed E-state index contributed by atoms with van der Waals surface area (Å²) in [6.45, 7) is 0. The van der Waals surface area contributed by atoms with E-state index in [1.54, 1.807) is 0 Å². The highest BCUT2D eigenvalue weighted by Crippen LogP contribution is 2.21. The molecular formula is C13H17N3. The minimum Gasteiger partial charge on any atom is -0.381 e. The maximum atomic E-state index is 8.82. The standard InChI is InChI=1S/C13H17N3/c14-9-10-4-3-5-11(8-10)16-13-7-2-1-6-12(13)15/h3-5,8,12-13,16H,1-2,6-7,15H2/t12-,13-/m1/s1. The largest absolute Gasteiger partial charge is 0.381 e. The van der Waals surface area contributed by atoms with Gasteiger partial charge in [0, 0.05) is 17.8 Å². The number of nitrogens with two attached hydrogens (primary N) is 1. The number of rotatable bonds is 2. The molecule has 3 nitrogen and oxygen atoms in total. The number of anilines is 1. The minimum absolute atomic E-state index is 0.236. The summed E-state index contributed by atoms with van der Waals surface area (Å²) < 4.78 is 0. The van der Waals surface area contributed by atoms with Gasteiger partial charge in [-0.25, -0.2) is 0 Å². The van der Waals surface area contributed by atoms with Crippen LogP contribution in [0.2, 0.25) is 0 Å². The van der Waals surface area contributed by atoms with Crippen molar-refractivity contribution >= 4 is 5.69 Å². The Morgan fingerprint density at radius 3 is 2.88 bits per heavy atom. The highest BCUT2D eigenvalue weighted by molar-refractivity contribution is 5.50. The maximum Gasteiger partial charge on any atom is 0.0992 e. The van der Waals surface area contributed by atoms with Crippen LogP contribution in [0.4, 0.5) is 5.69 Å². The van der Waals surface area contributed by atoms with E-state index in [4.69, 9.17) is 11.0 Å². The van der Waals surface area contributed by atoms with E-state index in [2.05, 4.69) is 11.4 Å². The van der Waals surface area contributed by atoms with Gasteiger partial charge in [0.2, 0.25) is 0 Å². The van der Waals surface area contributed by atoms with Crippen LogP contribution in [-0.2, 0) is 0 Å². The van der Waals surface area contributed by atoms with Crippen molar-refractivity contribution in [3.05, 3.63) is 29.8 Å². The smallest absolute Gasteiger partial charge is 0.0992 e. The molecule has 1 aliphatic rings. The predicted octanol–water partition coefficient (Wildman–Crippen LogP) is 2.24. The van der Waals surface area contributed by atoms with Crippen molar-refractivity contribution in [2.45, 2.75) is 37.8 Å². The number of hydrogen-bond acceptors (Lipinski definition) is 3. The molecule has 1 aromatic carbocycles. The van der Waals surface area contributed by atoms with Crippen molar-refractivity contribution in [3.63, 3.8) is 0 Å². The predicted molar refractivity (Wildman–Crippen MR) is 65.0 cm³/mol. The summed E-state index contributed by atoms with van der Waals surface area (Å²) in [5.41, 5.74) is 7.76. The second-order valence-corrected chi connectivity index (χ2v) is 4.39. The molecule has 1 saturated carbocycles. The number of hydrogen-bond donors (Lipinski definition) is 2. The van der Waals surface area contributed by atoms with Crippen molar-refractivity contribution in [2.24, 2.45) is 5.73 Å². The van der Waals surface area contributed by atoms with E-state index in [1.807, 2.05) is 24.3 Å². The molecule has 1 fully saturated rings. The van der Waals surface area contributed by atoms with E-state index >= 15 is 0 Å². The summed E-state index contributed by atoms with van der Waals surface area (Å²) in [5, 5.41) is 12.2. The summed E-state index contributed by atoms with van der Waals surface area (Å²) >= 11 is 0. The van der Waals surface area contributed by atoms with Crippen LogP contribution >= 0.6 is 0 Å². The van der Waals surface area contributed by atoms with E-state index < -0.39 is 0 Å². The molecule has 0 radical (unpaired) electrons. The number of nitriles is 1. The molecule has 0 bridgehead atoms. The number of nitrogens with one attached hydrogen (secondary N) is 1. The fraction of sp³-hybridized carbons (Fsp3) is 0.462. The van der Waals surface area contributed by atoms with Gasteiger partial charge >= 0.3 is 0 Å². The average molecular weight is 215 g/mol. The lowest BCUT2D eigenvalue weighted by atomic mass is 9.91. The molecule has 1 aliphatic carbocycles. The molecule has 0 aromatic heterocycles. The SMILES string of the molecule is N#Cc1cccc(N[C@@H]2CCCC[C@H]2N)c1. The van der Waals surface area contributed by atoms with E-state index in [0.29, 0.717) is 11.6 Å². The summed E-state index contributed by atoms with van der Waals surface area (Å²) in [5.74, 6) is 0. The summed E-state index contributed by atoms with van der Waals surface area (Å²) in [4.78, 5) is 0. The first-order chi connectivity index (χ1) is 7.79. The Labute approximate surface area is 96.3 Å². The summed E-state index contributed by atoms with van der Waals surface area (Å²) in [7, 11) is 0. The van der Waals surface area contributed by atoms with E-state index in [9.17, 15) is 0 Å². The Kier molecular flexibility index (Phi) is 3.43. The normalized spacial score (nSPS) is 24.8. The second kappa shape index (κ2) is 5.00. The van der Waals surface area contributed by atoms with Crippen LogP contribution in [0, 0.1) is 11.3 Å². The van der Waals surface area contributed by atoms with Crippen LogP contribution in [0.5, 0.6) is 0 Å². The Hall–Kier alpha value is -1.53. The third-order valence-corrected chi connectivity index (χ3v) is 3.16. The first kappa shape index (κ1) is 11.0. The monoisotopic (exact) mass is 215 g/mol. The van der Waals surface area contributed by atoms with E-state index in [0.717, 1.165) is 18.5 Å². The maximum absolute atomic E-state index is 8.82. The van der Waals surface area contributed by atoms with Crippen molar-refractivity contribution < 1.29 is 0 Å². The highest BCUT2D eigenvalue weighted by atomic mass is 15.0. The lowest BCUT2D eigenvalue weighted by molar-refractivity contribution is 0.404. The Morgan fingerprint density at radius 1 is 1.31 bits per heavy atom. The van der Waals surface area contributed by atoms with Gasteiger partial charge in [0.05, 0.1) is 11.6 Å². The van der Waals surface area contributed by atoms with Crippen molar-refractivity contribution in [3.8, 4) is 6.07 Å². The molecular weight excluding hydrogens is 198 g/mol. The minimum atomic E-state index is 0.236. The van der Waals surface area contributed by atoms with Crippen LogP contribution in [0.1, 0.15) is 31.2 Å². The lowest BCUT2D eigenvalue weighted by Crippen LogP contribution is -2.42. The van der Waals surface area contributed by atoms with Gasteiger partial charge in [-0.3, -0.25) is 0 Å². The molecule has 0 spiro atoms. The van der Waals surface area contributed by atoms with Crippen LogP contribution in [0.15, 0.2) is 24.3 Å². The molecule has 0 unspecified atom stereocenters. The Bertz CT molecular complexity index is 394. The Balaban J connectivity index is 2.05. The van der Waals surface area contributed by atoms with Crippen molar-refractivity contribution in [1.82, 2.24) is 0 Å². The molecule has 0 saturated heterocycles. The molecule has 0 aliphatic heterocycles. The van der Waals surface area contributed by atoms with Gasteiger partial charge in [0.25, 0.3) is 0 Å². The molecule has 1 aromatic rings. The molecule has 84 valence electrons. The highest BCUT2D eigenvalue weighted by Gasteiger charge is 2.21. The number of nitrogens with zero attached hydrogens (tertiary/aromatic N) is 1. The van der Waals surface area contributed by atoms with Crippen molar-refractivity contribution in [1.29, 1.82) is 5.26 Å². The van der Waals surface area contributed by atoms with Gasteiger partial charge in [0.1, 0.15) is 0 Å². The average Bonchev–Trinajstić information content (AvgIpc) is 2.32. The van der Waals surface area contributed by atoms with Gasteiger partial charge in [-0.15, -0.1) is 0 Å². The third-order valence-electron chi connectivity index (χ3n) is 3.16. The van der Waals surface area contributed by atoms with E-state index in [1.165, 1.54) is 12.8 Å². The lowest BCUT2D eigenvalue weighted by Gasteiger charge is -2.30. The van der Waals surface area contributed by atoms with Crippen LogP contribution in [0.25, 0.3) is 0 Å². The first-order valence-electron chi connectivity index (χ1n) is 5.82. The fourth-order valence-corrected chi connectivity index (χ4v) is 2.23. The third kappa shape index (κ3) is 2.53. The number of benzene rings is 1.